The van der Waals surface area contributed by atoms with Crippen LogP contribution in [-0.4, -0.2) is 46.1 Å². The Morgan fingerprint density at radius 2 is 1.96 bits per heavy atom. The van der Waals surface area contributed by atoms with Gasteiger partial charge >= 0.3 is 0 Å². The number of carbonyl (C=O) groups is 2. The number of carbonyl (C=O) groups excluding carboxylic acids is 2. The van der Waals surface area contributed by atoms with Crippen LogP contribution in [0.5, 0.6) is 11.5 Å². The van der Waals surface area contributed by atoms with Crippen molar-refractivity contribution in [2.75, 3.05) is 13.2 Å². The quantitative estimate of drug-likeness (QED) is 0.197. The number of nitrogens with two attached hydrogens (primary N) is 1. The molecule has 2 aromatic heterocycles. The number of nitrogens with zero attached hydrogens (tertiary/aromatic N) is 2. The number of fused-ring (bicyclic) bond motifs is 2. The van der Waals surface area contributed by atoms with Gasteiger partial charge in [-0.3, -0.25) is 9.59 Å². The van der Waals surface area contributed by atoms with Crippen LogP contribution >= 0.6 is 22.9 Å². The Balaban J connectivity index is 1.16. The molecule has 9 nitrogen and oxygen atoms in total. The molecule has 0 bridgehead atoms. The van der Waals surface area contributed by atoms with Crippen LogP contribution in [0, 0.1) is 11.7 Å². The van der Waals surface area contributed by atoms with Gasteiger partial charge in [-0.2, -0.15) is 0 Å². The molecule has 3 aliphatic carbocycles. The molecular formula is C34H32ClFN4O5S. The number of hydrogen-bond acceptors (Lipinski definition) is 8. The first kappa shape index (κ1) is 29.6. The number of aliphatic hydroxyl groups is 1. The van der Waals surface area contributed by atoms with Crippen molar-refractivity contribution in [1.82, 2.24) is 15.3 Å². The standard InChI is InChI=1S/C34H32ClFN4O5S/c1-33(32(37)42)15-44-29-22(33)13-26(39-27(29)21-12-19(35)6-9-23(21)36)34(43,18-4-5-18)14-38-30(41)17-10-24(45-20-7-8-20)28-25(11-17)46-31(40-28)16-2-3-16/h6,9-13,16,18,20,43H,2-5,7-8,14-15H2,1H3,(H2,37,42)(H,38,41)/t33-,34+/m0/s1. The SMILES string of the molecule is C[C@]1(C(N)=O)COc2c1cc([C@@](O)(CNC(=O)c1cc(OC3CC3)c3nc(C4CC4)sc3c1)C1CC1)nc2-c1cc(Cl)ccc1F. The van der Waals surface area contributed by atoms with Gasteiger partial charge in [0.2, 0.25) is 5.91 Å². The van der Waals surface area contributed by atoms with Gasteiger partial charge in [-0.15, -0.1) is 11.3 Å². The van der Waals surface area contributed by atoms with E-state index in [1.165, 1.54) is 18.2 Å². The number of thiazole rings is 1. The van der Waals surface area contributed by atoms with Crippen molar-refractivity contribution in [3.63, 3.8) is 0 Å². The lowest BCUT2D eigenvalue weighted by atomic mass is 9.81. The van der Waals surface area contributed by atoms with Crippen LogP contribution in [0.15, 0.2) is 36.4 Å². The van der Waals surface area contributed by atoms with Crippen LogP contribution in [-0.2, 0) is 15.8 Å². The van der Waals surface area contributed by atoms with Crippen LogP contribution in [0.25, 0.3) is 21.5 Å². The van der Waals surface area contributed by atoms with Crippen LogP contribution in [0.1, 0.15) is 78.0 Å². The number of benzene rings is 2. The second kappa shape index (κ2) is 10.6. The summed E-state index contributed by atoms with van der Waals surface area (Å²) in [6, 6.07) is 9.23. The Morgan fingerprint density at radius 3 is 2.65 bits per heavy atom. The summed E-state index contributed by atoms with van der Waals surface area (Å²) in [7, 11) is 0. The van der Waals surface area contributed by atoms with Crippen molar-refractivity contribution in [1.29, 1.82) is 0 Å². The average molecular weight is 663 g/mol. The Hall–Kier alpha value is -3.80. The summed E-state index contributed by atoms with van der Waals surface area (Å²) in [5, 5.41) is 16.6. The maximum atomic E-state index is 15.2. The molecule has 0 unspecified atom stereocenters. The molecule has 0 radical (unpaired) electrons. The molecule has 2 atom stereocenters. The highest BCUT2D eigenvalue weighted by atomic mass is 35.5. The van der Waals surface area contributed by atoms with E-state index in [4.69, 9.17) is 36.8 Å². The minimum absolute atomic E-state index is 0.0631. The van der Waals surface area contributed by atoms with E-state index in [2.05, 4.69) is 5.32 Å². The van der Waals surface area contributed by atoms with Crippen molar-refractivity contribution in [3.8, 4) is 22.8 Å². The van der Waals surface area contributed by atoms with E-state index >= 15 is 4.39 Å². The molecule has 1 aliphatic heterocycles. The lowest BCUT2D eigenvalue weighted by Gasteiger charge is -2.30. The van der Waals surface area contributed by atoms with Crippen LogP contribution in [0.3, 0.4) is 0 Å². The first-order valence-corrected chi connectivity index (χ1v) is 16.8. The Bertz CT molecular complexity index is 1940. The summed E-state index contributed by atoms with van der Waals surface area (Å²) < 4.78 is 28.2. The molecular weight excluding hydrogens is 631 g/mol. The van der Waals surface area contributed by atoms with E-state index in [9.17, 15) is 14.7 Å². The molecule has 0 spiro atoms. The first-order chi connectivity index (χ1) is 22.0. The predicted molar refractivity (Wildman–Crippen MR) is 171 cm³/mol. The van der Waals surface area contributed by atoms with Gasteiger partial charge in [0.15, 0.2) is 0 Å². The second-order valence-corrected chi connectivity index (χ2v) is 14.7. The van der Waals surface area contributed by atoms with E-state index in [1.807, 2.05) is 6.07 Å². The van der Waals surface area contributed by atoms with Gasteiger partial charge in [-0.05, 0) is 87.8 Å². The van der Waals surface area contributed by atoms with Gasteiger partial charge in [0, 0.05) is 27.6 Å². The third kappa shape index (κ3) is 5.09. The Labute approximate surface area is 273 Å². The molecule has 238 valence electrons. The minimum atomic E-state index is -1.63. The topological polar surface area (TPSA) is 137 Å². The lowest BCUT2D eigenvalue weighted by Crippen LogP contribution is -2.44. The largest absolute Gasteiger partial charge is 0.489 e. The zero-order valence-corrected chi connectivity index (χ0v) is 26.6. The molecule has 0 saturated heterocycles. The zero-order valence-electron chi connectivity index (χ0n) is 25.1. The minimum Gasteiger partial charge on any atom is -0.489 e. The van der Waals surface area contributed by atoms with E-state index in [-0.39, 0.29) is 58.8 Å². The highest BCUT2D eigenvalue weighted by Crippen LogP contribution is 2.50. The third-order valence-corrected chi connectivity index (χ3v) is 10.9. The van der Waals surface area contributed by atoms with Crippen LogP contribution in [0.2, 0.25) is 5.02 Å². The van der Waals surface area contributed by atoms with Gasteiger partial charge < -0.3 is 25.6 Å². The number of nitrogens with one attached hydrogen (secondary N) is 1. The number of hydrogen-bond donors (Lipinski definition) is 3. The molecule has 4 aliphatic rings. The summed E-state index contributed by atoms with van der Waals surface area (Å²) in [5.41, 5.74) is 4.89. The number of rotatable bonds is 10. The number of halogens is 2. The third-order valence-electron chi connectivity index (χ3n) is 9.50. The summed E-state index contributed by atoms with van der Waals surface area (Å²) in [4.78, 5) is 36.0. The Kier molecular flexibility index (Phi) is 6.83. The van der Waals surface area contributed by atoms with Crippen molar-refractivity contribution in [2.45, 2.75) is 68.5 Å². The zero-order chi connectivity index (χ0) is 32.0. The van der Waals surface area contributed by atoms with E-state index in [0.29, 0.717) is 35.6 Å². The summed E-state index contributed by atoms with van der Waals surface area (Å²) in [5.74, 6) is -0.541. The van der Waals surface area contributed by atoms with Crippen molar-refractivity contribution in [2.24, 2.45) is 11.7 Å². The van der Waals surface area contributed by atoms with Crippen molar-refractivity contribution < 1.29 is 28.6 Å². The van der Waals surface area contributed by atoms with Gasteiger partial charge in [0.05, 0.1) is 28.1 Å². The molecule has 3 fully saturated rings. The Morgan fingerprint density at radius 1 is 1.17 bits per heavy atom. The number of pyridine rings is 1. The van der Waals surface area contributed by atoms with Gasteiger partial charge in [0.25, 0.3) is 5.91 Å². The van der Waals surface area contributed by atoms with Crippen LogP contribution in [0.4, 0.5) is 4.39 Å². The fourth-order valence-electron chi connectivity index (χ4n) is 6.10. The molecule has 3 saturated carbocycles. The maximum absolute atomic E-state index is 15.2. The summed E-state index contributed by atoms with van der Waals surface area (Å²) >= 11 is 7.83. The summed E-state index contributed by atoms with van der Waals surface area (Å²) in [6.07, 6.45) is 5.73. The summed E-state index contributed by atoms with van der Waals surface area (Å²) in [6.45, 7) is 1.41. The van der Waals surface area contributed by atoms with Crippen molar-refractivity contribution >= 4 is 45.0 Å². The normalized spacial score (nSPS) is 21.8. The fourth-order valence-corrected chi connectivity index (χ4v) is 7.47. The number of amides is 2. The second-order valence-electron chi connectivity index (χ2n) is 13.2. The predicted octanol–water partition coefficient (Wildman–Crippen LogP) is 5.73. The smallest absolute Gasteiger partial charge is 0.251 e. The number of ether oxygens (including phenoxy) is 2. The maximum Gasteiger partial charge on any atom is 0.251 e. The van der Waals surface area contributed by atoms with Crippen molar-refractivity contribution in [3.05, 3.63) is 69.1 Å². The first-order valence-electron chi connectivity index (χ1n) is 15.6. The molecule has 46 heavy (non-hydrogen) atoms. The van der Waals surface area contributed by atoms with Gasteiger partial charge in [-0.25, -0.2) is 14.4 Å². The van der Waals surface area contributed by atoms with E-state index in [1.54, 1.807) is 30.4 Å². The molecule has 4 N–H and O–H groups in total. The molecule has 3 heterocycles. The van der Waals surface area contributed by atoms with E-state index in [0.717, 1.165) is 40.9 Å². The molecule has 12 heteroatoms. The number of aromatic nitrogens is 2. The van der Waals surface area contributed by atoms with Gasteiger partial charge in [0.1, 0.15) is 46.1 Å². The molecule has 8 rings (SSSR count). The molecule has 4 aromatic rings. The highest BCUT2D eigenvalue weighted by molar-refractivity contribution is 7.18. The molecule has 2 amide bonds. The van der Waals surface area contributed by atoms with E-state index < -0.39 is 22.7 Å². The van der Waals surface area contributed by atoms with Crippen LogP contribution < -0.4 is 20.5 Å². The average Bonchev–Trinajstić information content (AvgIpc) is 3.92. The van der Waals surface area contributed by atoms with Gasteiger partial charge in [-0.1, -0.05) is 11.6 Å². The molecule has 2 aromatic carbocycles. The fraction of sp³-hybridized carbons (Fsp3) is 0.412. The highest BCUT2D eigenvalue weighted by Gasteiger charge is 2.50. The number of primary amides is 1. The lowest BCUT2D eigenvalue weighted by molar-refractivity contribution is -0.123. The monoisotopic (exact) mass is 662 g/mol.